The Kier molecular flexibility index (Phi) is 5.04. The second-order valence-electron chi connectivity index (χ2n) is 6.73. The average molecular weight is 427 g/mol. The van der Waals surface area contributed by atoms with Crippen LogP contribution in [-0.2, 0) is 9.59 Å². The minimum absolute atomic E-state index is 0.104. The van der Waals surface area contributed by atoms with Crippen LogP contribution in [0.3, 0.4) is 0 Å². The van der Waals surface area contributed by atoms with Crippen molar-refractivity contribution in [2.75, 3.05) is 33.1 Å². The highest BCUT2D eigenvalue weighted by atomic mass is 32.1. The fraction of sp³-hybridized carbons (Fsp3) is 0.263. The number of anilines is 1. The predicted molar refractivity (Wildman–Crippen MR) is 111 cm³/mol. The summed E-state index contributed by atoms with van der Waals surface area (Å²) >= 11 is 1.30. The van der Waals surface area contributed by atoms with E-state index in [2.05, 4.69) is 15.3 Å². The van der Waals surface area contributed by atoms with Gasteiger partial charge in [0.2, 0.25) is 0 Å². The highest BCUT2D eigenvalue weighted by molar-refractivity contribution is 7.14. The van der Waals surface area contributed by atoms with E-state index in [1.54, 1.807) is 14.2 Å². The molecule has 30 heavy (non-hydrogen) atoms. The van der Waals surface area contributed by atoms with Gasteiger partial charge in [0.1, 0.15) is 5.75 Å². The summed E-state index contributed by atoms with van der Waals surface area (Å²) in [6.45, 7) is -0.104. The third-order valence-corrected chi connectivity index (χ3v) is 5.60. The second-order valence-corrected chi connectivity index (χ2v) is 7.59. The van der Waals surface area contributed by atoms with Crippen molar-refractivity contribution in [3.63, 3.8) is 0 Å². The maximum Gasteiger partial charge on any atom is 0.333 e. The maximum atomic E-state index is 12.5. The maximum absolute atomic E-state index is 12.5. The third kappa shape index (κ3) is 3.43. The molecule has 2 aliphatic heterocycles. The number of urea groups is 1. The number of fused-ring (bicyclic) bond motifs is 1. The molecular formula is C19H19N6O4S+. The zero-order valence-corrected chi connectivity index (χ0v) is 17.3. The Morgan fingerprint density at radius 2 is 2.10 bits per heavy atom. The number of amides is 4. The molecule has 0 saturated carbocycles. The number of nitrogens with one attached hydrogen (secondary N) is 1. The molecule has 1 N–H and O–H groups in total. The Balaban J connectivity index is 1.43. The number of imide groups is 1. The first kappa shape index (κ1) is 19.7. The van der Waals surface area contributed by atoms with E-state index in [1.165, 1.54) is 34.2 Å². The van der Waals surface area contributed by atoms with Gasteiger partial charge in [-0.2, -0.15) is 0 Å². The van der Waals surface area contributed by atoms with Crippen LogP contribution in [-0.4, -0.2) is 83.2 Å². The average Bonchev–Trinajstić information content (AvgIpc) is 3.38. The largest absolute Gasteiger partial charge is 0.497 e. The number of nitrogens with zero attached hydrogens (tertiary/aromatic N) is 5. The Labute approximate surface area is 176 Å². The standard InChI is InChI=1S/C19H18N6O4S/c1-23-16-15(17(27)24(2)19(23)28)25(10-20-16)8-14(26)22-18-21-13(9-30-18)11-5-4-6-12(7-11)29-3/h4-7,9-10,15H,8H2,1-3H3/p+1. The van der Waals surface area contributed by atoms with Crippen molar-refractivity contribution >= 4 is 46.5 Å². The number of aromatic nitrogens is 1. The van der Waals surface area contributed by atoms with Gasteiger partial charge in [-0.25, -0.2) is 14.4 Å². The van der Waals surface area contributed by atoms with Crippen LogP contribution in [0.2, 0.25) is 0 Å². The van der Waals surface area contributed by atoms with Crippen LogP contribution >= 0.6 is 11.3 Å². The molecule has 11 heteroatoms. The minimum Gasteiger partial charge on any atom is -0.497 e. The van der Waals surface area contributed by atoms with Crippen molar-refractivity contribution in [2.24, 2.45) is 4.99 Å². The van der Waals surface area contributed by atoms with Gasteiger partial charge in [-0.3, -0.25) is 24.7 Å². The summed E-state index contributed by atoms with van der Waals surface area (Å²) in [6, 6.07) is 6.23. The van der Waals surface area contributed by atoms with Crippen LogP contribution in [0.15, 0.2) is 34.6 Å². The zero-order valence-electron chi connectivity index (χ0n) is 16.5. The number of rotatable bonds is 5. The number of amidine groups is 1. The Morgan fingerprint density at radius 3 is 2.87 bits per heavy atom. The number of aliphatic imine (C=N–C) groups is 1. The van der Waals surface area contributed by atoms with Gasteiger partial charge in [-0.15, -0.1) is 11.3 Å². The zero-order chi connectivity index (χ0) is 21.4. The normalized spacial score (nSPS) is 18.2. The number of carbonyl (C=O) groups excluding carboxylic acids is 3. The molecule has 1 saturated heterocycles. The van der Waals surface area contributed by atoms with Crippen molar-refractivity contribution in [2.45, 2.75) is 6.04 Å². The third-order valence-electron chi connectivity index (χ3n) is 4.84. The first-order valence-corrected chi connectivity index (χ1v) is 9.89. The Bertz CT molecular complexity index is 1110. The molecule has 154 valence electrons. The van der Waals surface area contributed by atoms with Gasteiger partial charge in [0, 0.05) is 25.0 Å². The molecule has 1 aromatic heterocycles. The van der Waals surface area contributed by atoms with Crippen LogP contribution in [0, 0.1) is 0 Å². The fourth-order valence-electron chi connectivity index (χ4n) is 3.24. The first-order valence-electron chi connectivity index (χ1n) is 9.01. The van der Waals surface area contributed by atoms with Crippen LogP contribution in [0.5, 0.6) is 5.75 Å². The van der Waals surface area contributed by atoms with E-state index in [4.69, 9.17) is 4.74 Å². The quantitative estimate of drug-likeness (QED) is 0.719. The highest BCUT2D eigenvalue weighted by Gasteiger charge is 2.50. The molecule has 2 aromatic rings. The number of ether oxygens (including phenoxy) is 1. The molecular weight excluding hydrogens is 408 g/mol. The lowest BCUT2D eigenvalue weighted by atomic mass is 10.1. The number of hydrogen-bond donors (Lipinski definition) is 1. The summed E-state index contributed by atoms with van der Waals surface area (Å²) in [5.74, 6) is 0.264. The molecule has 0 radical (unpaired) electrons. The van der Waals surface area contributed by atoms with Gasteiger partial charge in [0.25, 0.3) is 30.0 Å². The van der Waals surface area contributed by atoms with Gasteiger partial charge in [-0.1, -0.05) is 12.1 Å². The minimum atomic E-state index is -0.799. The molecule has 10 nitrogen and oxygen atoms in total. The number of benzene rings is 1. The van der Waals surface area contributed by atoms with Crippen molar-refractivity contribution in [1.29, 1.82) is 0 Å². The molecule has 2 aliphatic rings. The molecule has 1 unspecified atom stereocenters. The molecule has 3 heterocycles. The lowest BCUT2D eigenvalue weighted by Crippen LogP contribution is -2.61. The van der Waals surface area contributed by atoms with Gasteiger partial charge < -0.3 is 4.74 Å². The monoisotopic (exact) mass is 427 g/mol. The lowest BCUT2D eigenvalue weighted by molar-refractivity contribution is -0.519. The smallest absolute Gasteiger partial charge is 0.333 e. The summed E-state index contributed by atoms with van der Waals surface area (Å²) in [4.78, 5) is 48.0. The molecule has 1 fully saturated rings. The second kappa shape index (κ2) is 7.67. The number of methoxy groups -OCH3 is 1. The van der Waals surface area contributed by atoms with Crippen LogP contribution in [0.25, 0.3) is 11.3 Å². The summed E-state index contributed by atoms with van der Waals surface area (Å²) in [5, 5.41) is 5.03. The van der Waals surface area contributed by atoms with E-state index in [-0.39, 0.29) is 12.5 Å². The van der Waals surface area contributed by atoms with E-state index in [9.17, 15) is 14.4 Å². The number of thiazole rings is 1. The number of hydrogen-bond acceptors (Lipinski definition) is 7. The van der Waals surface area contributed by atoms with Crippen LogP contribution in [0.4, 0.5) is 9.93 Å². The summed E-state index contributed by atoms with van der Waals surface area (Å²) in [5.41, 5.74) is 1.59. The molecule has 4 amide bonds. The van der Waals surface area contributed by atoms with E-state index in [0.29, 0.717) is 11.0 Å². The first-order chi connectivity index (χ1) is 14.4. The lowest BCUT2D eigenvalue weighted by Gasteiger charge is -2.30. The van der Waals surface area contributed by atoms with E-state index in [0.717, 1.165) is 21.9 Å². The molecule has 1 aromatic carbocycles. The van der Waals surface area contributed by atoms with E-state index in [1.807, 2.05) is 29.6 Å². The summed E-state index contributed by atoms with van der Waals surface area (Å²) in [7, 11) is 4.55. The Hall–Kier alpha value is -3.60. The molecule has 4 rings (SSSR count). The number of carbonyl (C=O) groups is 3. The van der Waals surface area contributed by atoms with Gasteiger partial charge in [0.05, 0.1) is 12.8 Å². The van der Waals surface area contributed by atoms with Gasteiger partial charge in [-0.05, 0) is 17.1 Å². The Morgan fingerprint density at radius 1 is 1.30 bits per heavy atom. The van der Waals surface area contributed by atoms with Crippen molar-refractivity contribution < 1.29 is 23.7 Å². The van der Waals surface area contributed by atoms with Crippen LogP contribution in [0.1, 0.15) is 0 Å². The molecule has 1 atom stereocenters. The van der Waals surface area contributed by atoms with Gasteiger partial charge in [0.15, 0.2) is 11.7 Å². The fourth-order valence-corrected chi connectivity index (χ4v) is 3.98. The van der Waals surface area contributed by atoms with Crippen molar-refractivity contribution in [3.05, 3.63) is 29.6 Å². The summed E-state index contributed by atoms with van der Waals surface area (Å²) in [6.07, 6.45) is 1.41. The molecule has 0 spiro atoms. The van der Waals surface area contributed by atoms with Crippen LogP contribution < -0.4 is 10.1 Å². The SMILES string of the molecule is COc1cccc(-c2csc(NC(=O)C[N+]3=CN=C4C3C(=O)N(C)C(=O)N4C)n2)c1. The number of likely N-dealkylation sites (N-methyl/N-ethyl adjacent to an activating group) is 2. The van der Waals surface area contributed by atoms with E-state index < -0.39 is 18.0 Å². The summed E-state index contributed by atoms with van der Waals surface area (Å²) < 4.78 is 6.73. The highest BCUT2D eigenvalue weighted by Crippen LogP contribution is 2.27. The molecule has 0 bridgehead atoms. The predicted octanol–water partition coefficient (Wildman–Crippen LogP) is 1.10. The molecule has 0 aliphatic carbocycles. The van der Waals surface area contributed by atoms with Crippen molar-refractivity contribution in [1.82, 2.24) is 14.8 Å². The van der Waals surface area contributed by atoms with Gasteiger partial charge >= 0.3 is 6.03 Å². The van der Waals surface area contributed by atoms with Crippen molar-refractivity contribution in [3.8, 4) is 17.0 Å². The topological polar surface area (TPSA) is 107 Å². The van der Waals surface area contributed by atoms with E-state index >= 15 is 0 Å².